The van der Waals surface area contributed by atoms with Gasteiger partial charge in [-0.1, -0.05) is 12.1 Å². The minimum absolute atomic E-state index is 0.723. The van der Waals surface area contributed by atoms with E-state index in [1.165, 1.54) is 0 Å². The predicted molar refractivity (Wildman–Crippen MR) is 62.5 cm³/mol. The van der Waals surface area contributed by atoms with Crippen molar-refractivity contribution < 1.29 is 4.74 Å². The fourth-order valence-corrected chi connectivity index (χ4v) is 1.61. The van der Waals surface area contributed by atoms with Crippen LogP contribution in [0.1, 0.15) is 0 Å². The summed E-state index contributed by atoms with van der Waals surface area (Å²) in [5, 5.41) is 11.1. The van der Waals surface area contributed by atoms with Gasteiger partial charge in [0.25, 0.3) is 0 Å². The van der Waals surface area contributed by atoms with Crippen molar-refractivity contribution in [1.29, 1.82) is 0 Å². The van der Waals surface area contributed by atoms with Gasteiger partial charge in [-0.3, -0.25) is 4.57 Å². The fraction of sp³-hybridized carbons (Fsp3) is 0.273. The summed E-state index contributed by atoms with van der Waals surface area (Å²) in [6, 6.07) is 7.74. The van der Waals surface area contributed by atoms with E-state index in [0.29, 0.717) is 0 Å². The zero-order valence-corrected chi connectivity index (χ0v) is 9.56. The van der Waals surface area contributed by atoms with Gasteiger partial charge in [-0.2, -0.15) is 0 Å². The smallest absolute Gasteiger partial charge is 0.224 e. The Bertz CT molecular complexity index is 492. The summed E-state index contributed by atoms with van der Waals surface area (Å²) in [5.41, 5.74) is 0.932. The molecule has 0 spiro atoms. The van der Waals surface area contributed by atoms with Gasteiger partial charge >= 0.3 is 0 Å². The quantitative estimate of drug-likeness (QED) is 0.848. The van der Waals surface area contributed by atoms with Crippen molar-refractivity contribution in [2.75, 3.05) is 19.5 Å². The second-order valence-corrected chi connectivity index (χ2v) is 3.36. The summed E-state index contributed by atoms with van der Waals surface area (Å²) in [7, 11) is 5.37. The average Bonchev–Trinajstić information content (AvgIpc) is 2.70. The van der Waals surface area contributed by atoms with Crippen LogP contribution in [0.25, 0.3) is 11.4 Å². The molecule has 0 aliphatic heterocycles. The second-order valence-electron chi connectivity index (χ2n) is 3.36. The molecule has 0 amide bonds. The van der Waals surface area contributed by atoms with Gasteiger partial charge in [-0.15, -0.1) is 10.2 Å². The molecule has 5 nitrogen and oxygen atoms in total. The maximum absolute atomic E-state index is 5.30. The molecule has 0 saturated heterocycles. The number of hydrogen-bond donors (Lipinski definition) is 1. The van der Waals surface area contributed by atoms with Gasteiger partial charge in [0, 0.05) is 14.1 Å². The monoisotopic (exact) mass is 218 g/mol. The highest BCUT2D eigenvalue weighted by molar-refractivity contribution is 5.65. The summed E-state index contributed by atoms with van der Waals surface area (Å²) in [4.78, 5) is 0. The average molecular weight is 218 g/mol. The zero-order valence-electron chi connectivity index (χ0n) is 9.56. The Morgan fingerprint density at radius 3 is 2.62 bits per heavy atom. The summed E-state index contributed by atoms with van der Waals surface area (Å²) in [6.45, 7) is 0. The Morgan fingerprint density at radius 1 is 1.25 bits per heavy atom. The lowest BCUT2D eigenvalue weighted by Crippen LogP contribution is -2.00. The number of hydrogen-bond acceptors (Lipinski definition) is 4. The van der Waals surface area contributed by atoms with E-state index in [1.54, 1.807) is 7.11 Å². The van der Waals surface area contributed by atoms with E-state index in [1.807, 2.05) is 42.9 Å². The van der Waals surface area contributed by atoms with E-state index in [9.17, 15) is 0 Å². The van der Waals surface area contributed by atoms with E-state index in [-0.39, 0.29) is 0 Å². The predicted octanol–water partition coefficient (Wildman–Crippen LogP) is 1.53. The van der Waals surface area contributed by atoms with Crippen LogP contribution in [-0.4, -0.2) is 28.9 Å². The number of para-hydroxylation sites is 1. The van der Waals surface area contributed by atoms with Crippen LogP contribution >= 0.6 is 0 Å². The number of nitrogens with one attached hydrogen (secondary N) is 1. The van der Waals surface area contributed by atoms with Gasteiger partial charge in [-0.05, 0) is 12.1 Å². The number of rotatable bonds is 3. The van der Waals surface area contributed by atoms with Crippen LogP contribution < -0.4 is 10.1 Å². The largest absolute Gasteiger partial charge is 0.496 e. The first kappa shape index (κ1) is 10.5. The Balaban J connectivity index is 2.54. The highest BCUT2D eigenvalue weighted by Crippen LogP contribution is 2.28. The normalized spacial score (nSPS) is 10.2. The fourth-order valence-electron chi connectivity index (χ4n) is 1.61. The summed E-state index contributed by atoms with van der Waals surface area (Å²) in [6.07, 6.45) is 0. The molecular weight excluding hydrogens is 204 g/mol. The topological polar surface area (TPSA) is 52.0 Å². The number of anilines is 1. The van der Waals surface area contributed by atoms with E-state index in [0.717, 1.165) is 23.1 Å². The Morgan fingerprint density at radius 2 is 2.00 bits per heavy atom. The molecule has 0 atom stereocenters. The molecular formula is C11H14N4O. The van der Waals surface area contributed by atoms with E-state index in [4.69, 9.17) is 4.74 Å². The first-order valence-electron chi connectivity index (χ1n) is 4.98. The molecule has 0 aliphatic rings. The third kappa shape index (κ3) is 1.60. The summed E-state index contributed by atoms with van der Waals surface area (Å²) in [5.74, 6) is 2.29. The lowest BCUT2D eigenvalue weighted by atomic mass is 10.2. The van der Waals surface area contributed by atoms with Crippen molar-refractivity contribution in [2.45, 2.75) is 0 Å². The van der Waals surface area contributed by atoms with Gasteiger partial charge in [0.15, 0.2) is 5.82 Å². The van der Waals surface area contributed by atoms with Gasteiger partial charge in [0.1, 0.15) is 5.75 Å². The Kier molecular flexibility index (Phi) is 2.76. The Labute approximate surface area is 94.1 Å². The maximum atomic E-state index is 5.30. The molecule has 0 aliphatic carbocycles. The second kappa shape index (κ2) is 4.22. The molecule has 1 aromatic heterocycles. The third-order valence-electron chi connectivity index (χ3n) is 2.45. The third-order valence-corrected chi connectivity index (χ3v) is 2.45. The minimum atomic E-state index is 0.723. The van der Waals surface area contributed by atoms with E-state index in [2.05, 4.69) is 15.5 Å². The van der Waals surface area contributed by atoms with Gasteiger partial charge in [-0.25, -0.2) is 0 Å². The molecule has 2 aromatic rings. The van der Waals surface area contributed by atoms with Crippen LogP contribution in [0.2, 0.25) is 0 Å². The molecule has 84 valence electrons. The highest BCUT2D eigenvalue weighted by Gasteiger charge is 2.13. The van der Waals surface area contributed by atoms with E-state index >= 15 is 0 Å². The SMILES string of the molecule is CNc1nnc(-c2ccccc2OC)n1C. The van der Waals surface area contributed by atoms with E-state index < -0.39 is 0 Å². The van der Waals surface area contributed by atoms with Crippen molar-refractivity contribution in [2.24, 2.45) is 7.05 Å². The molecule has 0 unspecified atom stereocenters. The standard InChI is InChI=1S/C11H14N4O/c1-12-11-14-13-10(15(11)2)8-6-4-5-7-9(8)16-3/h4-7H,1-3H3,(H,12,14). The van der Waals surface area contributed by atoms with Crippen LogP contribution in [-0.2, 0) is 7.05 Å². The molecule has 0 radical (unpaired) electrons. The molecule has 0 fully saturated rings. The Hall–Kier alpha value is -2.04. The van der Waals surface area contributed by atoms with Crippen LogP contribution in [0.3, 0.4) is 0 Å². The molecule has 0 bridgehead atoms. The van der Waals surface area contributed by atoms with Crippen molar-refractivity contribution in [3.05, 3.63) is 24.3 Å². The van der Waals surface area contributed by atoms with Crippen LogP contribution in [0.15, 0.2) is 24.3 Å². The van der Waals surface area contributed by atoms with Crippen molar-refractivity contribution in [3.63, 3.8) is 0 Å². The number of benzene rings is 1. The molecule has 2 rings (SSSR count). The highest BCUT2D eigenvalue weighted by atomic mass is 16.5. The zero-order chi connectivity index (χ0) is 11.5. The summed E-state index contributed by atoms with van der Waals surface area (Å²) < 4.78 is 7.18. The lowest BCUT2D eigenvalue weighted by molar-refractivity contribution is 0.416. The van der Waals surface area contributed by atoms with Crippen LogP contribution in [0.4, 0.5) is 5.95 Å². The number of aromatic nitrogens is 3. The maximum Gasteiger partial charge on any atom is 0.224 e. The molecule has 1 aromatic carbocycles. The molecule has 1 heterocycles. The van der Waals surface area contributed by atoms with Gasteiger partial charge in [0.05, 0.1) is 12.7 Å². The molecule has 16 heavy (non-hydrogen) atoms. The number of methoxy groups -OCH3 is 1. The minimum Gasteiger partial charge on any atom is -0.496 e. The van der Waals surface area contributed by atoms with Crippen molar-refractivity contribution in [3.8, 4) is 17.1 Å². The number of nitrogens with zero attached hydrogens (tertiary/aromatic N) is 3. The van der Waals surface area contributed by atoms with Gasteiger partial charge < -0.3 is 10.1 Å². The van der Waals surface area contributed by atoms with Crippen molar-refractivity contribution in [1.82, 2.24) is 14.8 Å². The van der Waals surface area contributed by atoms with Crippen LogP contribution in [0.5, 0.6) is 5.75 Å². The first-order chi connectivity index (χ1) is 7.77. The van der Waals surface area contributed by atoms with Crippen LogP contribution in [0, 0.1) is 0 Å². The lowest BCUT2D eigenvalue weighted by Gasteiger charge is -2.07. The van der Waals surface area contributed by atoms with Crippen molar-refractivity contribution >= 4 is 5.95 Å². The summed E-state index contributed by atoms with van der Waals surface area (Å²) >= 11 is 0. The molecule has 5 heteroatoms. The molecule has 0 saturated carbocycles. The first-order valence-corrected chi connectivity index (χ1v) is 4.98. The van der Waals surface area contributed by atoms with Gasteiger partial charge in [0.2, 0.25) is 5.95 Å². The number of ether oxygens (including phenoxy) is 1. The molecule has 1 N–H and O–H groups in total.